The first kappa shape index (κ1) is 13.0. The maximum absolute atomic E-state index is 5.63. The van der Waals surface area contributed by atoms with E-state index in [2.05, 4.69) is 29.6 Å². The monoisotopic (exact) mass is 259 g/mol. The van der Waals surface area contributed by atoms with Crippen LogP contribution in [0.15, 0.2) is 24.3 Å². The van der Waals surface area contributed by atoms with Gasteiger partial charge < -0.3 is 10.1 Å². The first-order valence-electron chi connectivity index (χ1n) is 7.83. The molecule has 0 saturated heterocycles. The van der Waals surface area contributed by atoms with Crippen molar-refractivity contribution < 1.29 is 4.74 Å². The van der Waals surface area contributed by atoms with Crippen molar-refractivity contribution in [3.63, 3.8) is 0 Å². The van der Waals surface area contributed by atoms with E-state index in [0.29, 0.717) is 0 Å². The average Bonchev–Trinajstić information content (AvgIpc) is 3.14. The minimum atomic E-state index is 0.728. The molecule has 0 bridgehead atoms. The molecule has 2 aliphatic rings. The van der Waals surface area contributed by atoms with Gasteiger partial charge in [-0.25, -0.2) is 0 Å². The predicted octanol–water partition coefficient (Wildman–Crippen LogP) is 3.72. The van der Waals surface area contributed by atoms with Gasteiger partial charge in [0.2, 0.25) is 0 Å². The molecule has 2 unspecified atom stereocenters. The van der Waals surface area contributed by atoms with Crippen LogP contribution in [0.4, 0.5) is 0 Å². The van der Waals surface area contributed by atoms with Crippen LogP contribution < -0.4 is 10.1 Å². The summed E-state index contributed by atoms with van der Waals surface area (Å²) in [6, 6.07) is 9.58. The van der Waals surface area contributed by atoms with Crippen molar-refractivity contribution >= 4 is 0 Å². The van der Waals surface area contributed by atoms with E-state index in [0.717, 1.165) is 30.2 Å². The molecule has 0 aliphatic heterocycles. The van der Waals surface area contributed by atoms with Crippen LogP contribution in [0.1, 0.15) is 50.5 Å². The highest BCUT2D eigenvalue weighted by Gasteiger charge is 2.30. The average molecular weight is 259 g/mol. The van der Waals surface area contributed by atoms with E-state index in [9.17, 15) is 0 Å². The van der Waals surface area contributed by atoms with Gasteiger partial charge in [-0.3, -0.25) is 0 Å². The summed E-state index contributed by atoms with van der Waals surface area (Å²) in [5, 5.41) is 3.71. The predicted molar refractivity (Wildman–Crippen MR) is 78.7 cm³/mol. The third-order valence-electron chi connectivity index (χ3n) is 4.50. The van der Waals surface area contributed by atoms with E-state index < -0.39 is 0 Å². The molecule has 104 valence electrons. The van der Waals surface area contributed by atoms with Crippen molar-refractivity contribution in [3.05, 3.63) is 29.8 Å². The zero-order valence-corrected chi connectivity index (χ0v) is 11.9. The standard InChI is InChI=1S/C17H25NO/c1-2-19-16-7-3-5-13(11-16)17-8-4-6-14(17)12-18-15-9-10-15/h3,5,7,11,14-15,17-18H,2,4,6,8-10,12H2,1H3. The summed E-state index contributed by atoms with van der Waals surface area (Å²) in [6.45, 7) is 4.00. The lowest BCUT2D eigenvalue weighted by Gasteiger charge is -2.21. The molecule has 0 aromatic heterocycles. The highest BCUT2D eigenvalue weighted by atomic mass is 16.5. The fourth-order valence-corrected chi connectivity index (χ4v) is 3.33. The molecule has 1 N–H and O–H groups in total. The van der Waals surface area contributed by atoms with E-state index in [-0.39, 0.29) is 0 Å². The lowest BCUT2D eigenvalue weighted by molar-refractivity contribution is 0.339. The van der Waals surface area contributed by atoms with Gasteiger partial charge in [-0.2, -0.15) is 0 Å². The second-order valence-corrected chi connectivity index (χ2v) is 5.99. The Morgan fingerprint density at radius 2 is 2.11 bits per heavy atom. The molecule has 19 heavy (non-hydrogen) atoms. The number of benzene rings is 1. The highest BCUT2D eigenvalue weighted by Crippen LogP contribution is 2.40. The van der Waals surface area contributed by atoms with Crippen molar-refractivity contribution in [2.24, 2.45) is 5.92 Å². The maximum Gasteiger partial charge on any atom is 0.119 e. The summed E-state index contributed by atoms with van der Waals surface area (Å²) in [7, 11) is 0. The summed E-state index contributed by atoms with van der Waals surface area (Å²) in [5.74, 6) is 2.57. The minimum Gasteiger partial charge on any atom is -0.494 e. The molecular formula is C17H25NO. The Labute approximate surface area is 116 Å². The van der Waals surface area contributed by atoms with Crippen molar-refractivity contribution in [2.45, 2.75) is 51.0 Å². The fraction of sp³-hybridized carbons (Fsp3) is 0.647. The molecule has 1 aromatic rings. The van der Waals surface area contributed by atoms with Gasteiger partial charge in [0, 0.05) is 6.04 Å². The molecule has 1 aromatic carbocycles. The van der Waals surface area contributed by atoms with Gasteiger partial charge in [-0.15, -0.1) is 0 Å². The fourth-order valence-electron chi connectivity index (χ4n) is 3.33. The van der Waals surface area contributed by atoms with Crippen LogP contribution in [0.2, 0.25) is 0 Å². The molecule has 2 saturated carbocycles. The molecule has 2 fully saturated rings. The lowest BCUT2D eigenvalue weighted by Crippen LogP contribution is -2.26. The number of nitrogens with one attached hydrogen (secondary N) is 1. The number of hydrogen-bond acceptors (Lipinski definition) is 2. The minimum absolute atomic E-state index is 0.728. The van der Waals surface area contributed by atoms with E-state index in [1.165, 1.54) is 44.2 Å². The molecule has 2 atom stereocenters. The summed E-state index contributed by atoms with van der Waals surface area (Å²) >= 11 is 0. The molecule has 0 radical (unpaired) electrons. The van der Waals surface area contributed by atoms with Gasteiger partial charge in [-0.05, 0) is 68.7 Å². The zero-order valence-electron chi connectivity index (χ0n) is 11.9. The van der Waals surface area contributed by atoms with Gasteiger partial charge in [-0.1, -0.05) is 18.6 Å². The Balaban J connectivity index is 1.66. The third-order valence-corrected chi connectivity index (χ3v) is 4.50. The molecule has 2 nitrogen and oxygen atoms in total. The first-order valence-corrected chi connectivity index (χ1v) is 7.83. The quantitative estimate of drug-likeness (QED) is 0.840. The molecular weight excluding hydrogens is 234 g/mol. The highest BCUT2D eigenvalue weighted by molar-refractivity contribution is 5.32. The summed E-state index contributed by atoms with van der Waals surface area (Å²) in [4.78, 5) is 0. The van der Waals surface area contributed by atoms with E-state index in [4.69, 9.17) is 4.74 Å². The maximum atomic E-state index is 5.63. The van der Waals surface area contributed by atoms with Crippen LogP contribution in [0.3, 0.4) is 0 Å². The van der Waals surface area contributed by atoms with Crippen LogP contribution in [0.25, 0.3) is 0 Å². The topological polar surface area (TPSA) is 21.3 Å². The Morgan fingerprint density at radius 1 is 1.21 bits per heavy atom. The van der Waals surface area contributed by atoms with Crippen LogP contribution in [-0.4, -0.2) is 19.2 Å². The van der Waals surface area contributed by atoms with Crippen molar-refractivity contribution in [1.82, 2.24) is 5.32 Å². The zero-order chi connectivity index (χ0) is 13.1. The van der Waals surface area contributed by atoms with Crippen LogP contribution in [0, 0.1) is 5.92 Å². The van der Waals surface area contributed by atoms with Gasteiger partial charge in [0.15, 0.2) is 0 Å². The SMILES string of the molecule is CCOc1cccc(C2CCCC2CNC2CC2)c1. The van der Waals surface area contributed by atoms with Gasteiger partial charge in [0.1, 0.15) is 5.75 Å². The summed E-state index contributed by atoms with van der Waals surface area (Å²) in [6.07, 6.45) is 6.87. The summed E-state index contributed by atoms with van der Waals surface area (Å²) < 4.78 is 5.63. The molecule has 2 heteroatoms. The molecule has 0 amide bonds. The van der Waals surface area contributed by atoms with Gasteiger partial charge >= 0.3 is 0 Å². The van der Waals surface area contributed by atoms with Crippen molar-refractivity contribution in [2.75, 3.05) is 13.2 Å². The molecule has 0 spiro atoms. The second-order valence-electron chi connectivity index (χ2n) is 5.99. The Bertz CT molecular complexity index is 413. The number of rotatable bonds is 6. The summed E-state index contributed by atoms with van der Waals surface area (Å²) in [5.41, 5.74) is 1.48. The van der Waals surface area contributed by atoms with Gasteiger partial charge in [0.25, 0.3) is 0 Å². The smallest absolute Gasteiger partial charge is 0.119 e. The van der Waals surface area contributed by atoms with Crippen LogP contribution in [0.5, 0.6) is 5.75 Å². The molecule has 0 heterocycles. The first-order chi connectivity index (χ1) is 9.36. The van der Waals surface area contributed by atoms with Crippen LogP contribution in [-0.2, 0) is 0 Å². The van der Waals surface area contributed by atoms with Crippen LogP contribution >= 0.6 is 0 Å². The Kier molecular flexibility index (Phi) is 4.07. The third kappa shape index (κ3) is 3.30. The Morgan fingerprint density at radius 3 is 2.89 bits per heavy atom. The van der Waals surface area contributed by atoms with E-state index in [1.807, 2.05) is 6.92 Å². The molecule has 2 aliphatic carbocycles. The van der Waals surface area contributed by atoms with E-state index in [1.54, 1.807) is 0 Å². The van der Waals surface area contributed by atoms with Crippen molar-refractivity contribution in [3.8, 4) is 5.75 Å². The van der Waals surface area contributed by atoms with Crippen molar-refractivity contribution in [1.29, 1.82) is 0 Å². The largest absolute Gasteiger partial charge is 0.494 e. The van der Waals surface area contributed by atoms with E-state index >= 15 is 0 Å². The normalized spacial score (nSPS) is 26.6. The molecule has 3 rings (SSSR count). The number of hydrogen-bond donors (Lipinski definition) is 1. The van der Waals surface area contributed by atoms with Gasteiger partial charge in [0.05, 0.1) is 6.61 Å². The lowest BCUT2D eigenvalue weighted by atomic mass is 9.88. The second kappa shape index (κ2) is 5.96. The Hall–Kier alpha value is -1.02. The number of ether oxygens (including phenoxy) is 1.